The minimum Gasteiger partial charge on any atom is -0.482 e. The van der Waals surface area contributed by atoms with E-state index in [0.29, 0.717) is 12.3 Å². The second-order valence-electron chi connectivity index (χ2n) is 6.27. The number of benzene rings is 1. The average molecular weight is 369 g/mol. The van der Waals surface area contributed by atoms with E-state index in [4.69, 9.17) is 9.84 Å². The Kier molecular flexibility index (Phi) is 4.73. The predicted molar refractivity (Wildman–Crippen MR) is 99.3 cm³/mol. The van der Waals surface area contributed by atoms with E-state index in [-0.39, 0.29) is 6.61 Å². The Balaban J connectivity index is 1.59. The standard InChI is InChI=1S/C19H19N3O3S/c23-19(24)11-25-17-4-3-13(18-2-1-7-26-18)8-14(17)9-22-6-5-15-16(10-22)21-12-20-15/h1-4,7-8,12H,5-6,9-11H2,(H,20,21)(H,23,24). The summed E-state index contributed by atoms with van der Waals surface area (Å²) in [6.45, 7) is 2.08. The van der Waals surface area contributed by atoms with Crippen LogP contribution in [-0.4, -0.2) is 39.1 Å². The van der Waals surface area contributed by atoms with Crippen molar-refractivity contribution in [3.63, 3.8) is 0 Å². The molecule has 0 atom stereocenters. The highest BCUT2D eigenvalue weighted by molar-refractivity contribution is 7.13. The van der Waals surface area contributed by atoms with Gasteiger partial charge in [-0.3, -0.25) is 4.90 Å². The Labute approximate surface area is 155 Å². The molecule has 3 aromatic rings. The summed E-state index contributed by atoms with van der Waals surface area (Å²) in [6.07, 6.45) is 2.65. The van der Waals surface area contributed by atoms with Crippen LogP contribution < -0.4 is 4.74 Å². The summed E-state index contributed by atoms with van der Waals surface area (Å²) in [5, 5.41) is 11.0. The molecule has 3 heterocycles. The topological polar surface area (TPSA) is 78.5 Å². The number of fused-ring (bicyclic) bond motifs is 1. The maximum atomic E-state index is 10.9. The van der Waals surface area contributed by atoms with E-state index in [9.17, 15) is 4.79 Å². The lowest BCUT2D eigenvalue weighted by Gasteiger charge is -2.27. The second-order valence-corrected chi connectivity index (χ2v) is 7.22. The highest BCUT2D eigenvalue weighted by Gasteiger charge is 2.20. The van der Waals surface area contributed by atoms with Crippen molar-refractivity contribution in [2.24, 2.45) is 0 Å². The average Bonchev–Trinajstić information content (AvgIpc) is 3.32. The SMILES string of the molecule is O=C(O)COc1ccc(-c2cccs2)cc1CN1CCc2nc[nH]c2C1. The Morgan fingerprint density at radius 1 is 1.38 bits per heavy atom. The van der Waals surface area contributed by atoms with Gasteiger partial charge >= 0.3 is 5.97 Å². The van der Waals surface area contributed by atoms with E-state index in [0.717, 1.165) is 42.0 Å². The van der Waals surface area contributed by atoms with Gasteiger partial charge in [0.25, 0.3) is 0 Å². The summed E-state index contributed by atoms with van der Waals surface area (Å²) < 4.78 is 5.52. The van der Waals surface area contributed by atoms with E-state index >= 15 is 0 Å². The molecule has 2 aromatic heterocycles. The molecule has 134 valence electrons. The second kappa shape index (κ2) is 7.31. The van der Waals surface area contributed by atoms with Crippen molar-refractivity contribution in [3.8, 4) is 16.2 Å². The molecule has 0 bridgehead atoms. The van der Waals surface area contributed by atoms with Crippen LogP contribution in [0.3, 0.4) is 0 Å². The van der Waals surface area contributed by atoms with Crippen LogP contribution in [0.2, 0.25) is 0 Å². The normalized spacial score (nSPS) is 14.2. The van der Waals surface area contributed by atoms with Crippen LogP contribution in [-0.2, 0) is 24.3 Å². The van der Waals surface area contributed by atoms with Gasteiger partial charge in [0.1, 0.15) is 5.75 Å². The molecule has 26 heavy (non-hydrogen) atoms. The molecule has 1 aliphatic rings. The number of nitrogens with one attached hydrogen (secondary N) is 1. The number of nitrogens with zero attached hydrogens (tertiary/aromatic N) is 2. The fraction of sp³-hybridized carbons (Fsp3) is 0.263. The van der Waals surface area contributed by atoms with Gasteiger partial charge in [0.15, 0.2) is 6.61 Å². The Bertz CT molecular complexity index is 905. The van der Waals surface area contributed by atoms with Crippen LogP contribution in [0.25, 0.3) is 10.4 Å². The number of H-pyrrole nitrogens is 1. The smallest absolute Gasteiger partial charge is 0.341 e. The molecule has 6 nitrogen and oxygen atoms in total. The van der Waals surface area contributed by atoms with E-state index in [2.05, 4.69) is 27.0 Å². The zero-order valence-corrected chi connectivity index (χ0v) is 15.0. The van der Waals surface area contributed by atoms with Crippen molar-refractivity contribution in [1.82, 2.24) is 14.9 Å². The number of hydrogen-bond donors (Lipinski definition) is 2. The molecule has 0 radical (unpaired) electrons. The quantitative estimate of drug-likeness (QED) is 0.698. The number of hydrogen-bond acceptors (Lipinski definition) is 5. The molecular formula is C19H19N3O3S. The maximum absolute atomic E-state index is 10.9. The lowest BCUT2D eigenvalue weighted by atomic mass is 10.1. The number of carboxylic acids is 1. The number of carbonyl (C=O) groups is 1. The molecule has 0 saturated carbocycles. The van der Waals surface area contributed by atoms with E-state index in [1.165, 1.54) is 4.88 Å². The van der Waals surface area contributed by atoms with Gasteiger partial charge in [-0.25, -0.2) is 9.78 Å². The summed E-state index contributed by atoms with van der Waals surface area (Å²) in [7, 11) is 0. The van der Waals surface area contributed by atoms with Gasteiger partial charge in [0.05, 0.1) is 17.7 Å². The van der Waals surface area contributed by atoms with Crippen LogP contribution in [0.1, 0.15) is 17.0 Å². The number of aromatic nitrogens is 2. The maximum Gasteiger partial charge on any atom is 0.341 e. The van der Waals surface area contributed by atoms with Gasteiger partial charge in [-0.1, -0.05) is 6.07 Å². The van der Waals surface area contributed by atoms with Crippen molar-refractivity contribution < 1.29 is 14.6 Å². The van der Waals surface area contributed by atoms with Gasteiger partial charge in [0, 0.05) is 36.5 Å². The van der Waals surface area contributed by atoms with Crippen LogP contribution in [0.15, 0.2) is 42.0 Å². The summed E-state index contributed by atoms with van der Waals surface area (Å²) in [6, 6.07) is 10.1. The summed E-state index contributed by atoms with van der Waals surface area (Å²) in [5.74, 6) is -0.346. The number of ether oxygens (including phenoxy) is 1. The molecule has 0 saturated heterocycles. The monoisotopic (exact) mass is 369 g/mol. The molecule has 0 unspecified atom stereocenters. The molecule has 1 aliphatic heterocycles. The molecule has 0 fully saturated rings. The fourth-order valence-electron chi connectivity index (χ4n) is 3.22. The first kappa shape index (κ1) is 16.8. The number of aliphatic carboxylic acids is 1. The van der Waals surface area contributed by atoms with Gasteiger partial charge in [-0.05, 0) is 35.2 Å². The third-order valence-electron chi connectivity index (χ3n) is 4.47. The fourth-order valence-corrected chi connectivity index (χ4v) is 3.95. The molecule has 7 heteroatoms. The van der Waals surface area contributed by atoms with Crippen molar-refractivity contribution in [1.29, 1.82) is 0 Å². The van der Waals surface area contributed by atoms with Crippen LogP contribution in [0.4, 0.5) is 0 Å². The van der Waals surface area contributed by atoms with Crippen LogP contribution >= 0.6 is 11.3 Å². The lowest BCUT2D eigenvalue weighted by molar-refractivity contribution is -0.139. The van der Waals surface area contributed by atoms with Crippen LogP contribution in [0.5, 0.6) is 5.75 Å². The molecule has 0 spiro atoms. The van der Waals surface area contributed by atoms with Gasteiger partial charge in [-0.15, -0.1) is 11.3 Å². The largest absolute Gasteiger partial charge is 0.482 e. The first-order valence-electron chi connectivity index (χ1n) is 8.44. The van der Waals surface area contributed by atoms with Gasteiger partial charge in [0.2, 0.25) is 0 Å². The number of aromatic amines is 1. The third kappa shape index (κ3) is 3.63. The van der Waals surface area contributed by atoms with Gasteiger partial charge in [-0.2, -0.15) is 0 Å². The number of imidazole rings is 1. The molecule has 1 aromatic carbocycles. The highest BCUT2D eigenvalue weighted by Crippen LogP contribution is 2.31. The van der Waals surface area contributed by atoms with Crippen molar-refractivity contribution in [2.45, 2.75) is 19.5 Å². The molecule has 0 amide bonds. The van der Waals surface area contributed by atoms with Crippen molar-refractivity contribution in [3.05, 3.63) is 59.0 Å². The predicted octanol–water partition coefficient (Wildman–Crippen LogP) is 3.16. The molecule has 2 N–H and O–H groups in total. The van der Waals surface area contributed by atoms with E-state index in [1.807, 2.05) is 23.6 Å². The lowest BCUT2D eigenvalue weighted by Crippen LogP contribution is -2.30. The van der Waals surface area contributed by atoms with Gasteiger partial charge < -0.3 is 14.8 Å². The Morgan fingerprint density at radius 2 is 2.31 bits per heavy atom. The Morgan fingerprint density at radius 3 is 3.12 bits per heavy atom. The molecule has 4 rings (SSSR count). The van der Waals surface area contributed by atoms with E-state index in [1.54, 1.807) is 17.7 Å². The van der Waals surface area contributed by atoms with Crippen LogP contribution in [0, 0.1) is 0 Å². The Hall–Kier alpha value is -2.64. The third-order valence-corrected chi connectivity index (χ3v) is 5.38. The summed E-state index contributed by atoms with van der Waals surface area (Å²) >= 11 is 1.68. The van der Waals surface area contributed by atoms with Crippen molar-refractivity contribution in [2.75, 3.05) is 13.2 Å². The summed E-state index contributed by atoms with van der Waals surface area (Å²) in [5.41, 5.74) is 4.41. The number of rotatable bonds is 6. The number of thiophene rings is 1. The highest BCUT2D eigenvalue weighted by atomic mass is 32.1. The molecule has 0 aliphatic carbocycles. The molecular weight excluding hydrogens is 350 g/mol. The zero-order valence-electron chi connectivity index (χ0n) is 14.1. The minimum absolute atomic E-state index is 0.337. The van der Waals surface area contributed by atoms with E-state index < -0.39 is 5.97 Å². The zero-order chi connectivity index (χ0) is 17.9. The minimum atomic E-state index is -0.974. The van der Waals surface area contributed by atoms with Crippen molar-refractivity contribution >= 4 is 17.3 Å². The first-order valence-corrected chi connectivity index (χ1v) is 9.32. The first-order chi connectivity index (χ1) is 12.7. The summed E-state index contributed by atoms with van der Waals surface area (Å²) in [4.78, 5) is 21.9. The number of carboxylic acid groups (broad SMARTS) is 1.